The monoisotopic (exact) mass is 209 g/mol. The molecule has 0 aliphatic rings. The molecule has 0 radical (unpaired) electrons. The maximum absolute atomic E-state index is 12.9. The summed E-state index contributed by atoms with van der Waals surface area (Å²) in [6, 6.07) is 3.28. The molecule has 2 N–H and O–H groups in total. The number of hydrogen-bond acceptors (Lipinski definition) is 2. The predicted octanol–water partition coefficient (Wildman–Crippen LogP) is 1.61. The average Bonchev–Trinajstić information content (AvgIpc) is 2.64. The van der Waals surface area contributed by atoms with E-state index in [4.69, 9.17) is 5.73 Å². The number of halogens is 2. The van der Waals surface area contributed by atoms with Gasteiger partial charge in [-0.05, 0) is 12.1 Å². The van der Waals surface area contributed by atoms with E-state index in [0.29, 0.717) is 17.9 Å². The number of nitrogens with two attached hydrogens (primary N) is 1. The van der Waals surface area contributed by atoms with E-state index in [9.17, 15) is 8.78 Å². The van der Waals surface area contributed by atoms with Gasteiger partial charge in [-0.25, -0.2) is 13.8 Å². The van der Waals surface area contributed by atoms with Crippen molar-refractivity contribution in [1.29, 1.82) is 0 Å². The third-order valence-corrected chi connectivity index (χ3v) is 1.99. The summed E-state index contributed by atoms with van der Waals surface area (Å²) in [4.78, 5) is 3.96. The van der Waals surface area contributed by atoms with Crippen LogP contribution in [0.5, 0.6) is 0 Å². The highest BCUT2D eigenvalue weighted by Crippen LogP contribution is 2.13. The first-order valence-electron chi connectivity index (χ1n) is 4.38. The molecule has 3 nitrogen and oxygen atoms in total. The highest BCUT2D eigenvalue weighted by Gasteiger charge is 2.03. The molecular weight excluding hydrogens is 200 g/mol. The summed E-state index contributed by atoms with van der Waals surface area (Å²) in [5.74, 6) is -1.24. The largest absolute Gasteiger partial charge is 0.325 e. The van der Waals surface area contributed by atoms with Crippen LogP contribution in [-0.4, -0.2) is 9.55 Å². The fourth-order valence-corrected chi connectivity index (χ4v) is 1.30. The lowest BCUT2D eigenvalue weighted by Crippen LogP contribution is -1.96. The summed E-state index contributed by atoms with van der Waals surface area (Å²) in [5.41, 5.74) is 6.43. The van der Waals surface area contributed by atoms with Crippen LogP contribution >= 0.6 is 0 Å². The number of benzene rings is 1. The number of nitrogens with zero attached hydrogens (tertiary/aromatic N) is 2. The summed E-state index contributed by atoms with van der Waals surface area (Å²) >= 11 is 0. The van der Waals surface area contributed by atoms with E-state index in [-0.39, 0.29) is 0 Å². The molecule has 0 saturated heterocycles. The van der Waals surface area contributed by atoms with Gasteiger partial charge in [-0.2, -0.15) is 0 Å². The first-order valence-corrected chi connectivity index (χ1v) is 4.38. The van der Waals surface area contributed by atoms with Crippen LogP contribution in [-0.2, 0) is 6.54 Å². The zero-order chi connectivity index (χ0) is 10.8. The van der Waals surface area contributed by atoms with Gasteiger partial charge in [-0.3, -0.25) is 0 Å². The molecular formula is C10H9F2N3. The van der Waals surface area contributed by atoms with E-state index >= 15 is 0 Å². The van der Waals surface area contributed by atoms with Crippen molar-refractivity contribution in [2.45, 2.75) is 6.54 Å². The van der Waals surface area contributed by atoms with Gasteiger partial charge in [0.05, 0.1) is 17.7 Å². The maximum atomic E-state index is 12.9. The fraction of sp³-hybridized carbons (Fsp3) is 0.100. The van der Waals surface area contributed by atoms with Gasteiger partial charge in [-0.1, -0.05) is 0 Å². The lowest BCUT2D eigenvalue weighted by atomic mass is 10.3. The molecule has 0 spiro atoms. The Morgan fingerprint density at radius 3 is 2.40 bits per heavy atom. The molecule has 0 unspecified atom stereocenters. The van der Waals surface area contributed by atoms with Crippen LogP contribution in [0.15, 0.2) is 30.7 Å². The Morgan fingerprint density at radius 2 is 1.87 bits per heavy atom. The van der Waals surface area contributed by atoms with E-state index in [2.05, 4.69) is 4.98 Å². The van der Waals surface area contributed by atoms with Gasteiger partial charge in [0.2, 0.25) is 0 Å². The summed E-state index contributed by atoms with van der Waals surface area (Å²) in [5, 5.41) is 0. The Balaban J connectivity index is 2.44. The van der Waals surface area contributed by atoms with Gasteiger partial charge in [0.15, 0.2) is 0 Å². The number of hydrogen-bond donors (Lipinski definition) is 1. The standard InChI is InChI=1S/C10H9F2N3/c11-7-1-8(12)3-10(2-7)15-5-9(4-13)14-6-15/h1-3,5-6H,4,13H2. The summed E-state index contributed by atoms with van der Waals surface area (Å²) in [7, 11) is 0. The van der Waals surface area contributed by atoms with Crippen LogP contribution in [0, 0.1) is 11.6 Å². The summed E-state index contributed by atoms with van der Waals surface area (Å²) < 4.78 is 27.3. The lowest BCUT2D eigenvalue weighted by Gasteiger charge is -2.01. The zero-order valence-electron chi connectivity index (χ0n) is 7.82. The van der Waals surface area contributed by atoms with Crippen molar-refractivity contribution in [2.75, 3.05) is 0 Å². The SMILES string of the molecule is NCc1cn(-c2cc(F)cc(F)c2)cn1. The Kier molecular flexibility index (Phi) is 2.47. The Labute approximate surface area is 85.2 Å². The summed E-state index contributed by atoms with van der Waals surface area (Å²) in [6.07, 6.45) is 3.10. The molecule has 1 heterocycles. The van der Waals surface area contributed by atoms with Crippen LogP contribution in [0.3, 0.4) is 0 Å². The molecule has 0 aliphatic heterocycles. The molecule has 0 bridgehead atoms. The molecule has 0 fully saturated rings. The van der Waals surface area contributed by atoms with Crippen LogP contribution in [0.25, 0.3) is 5.69 Å². The minimum absolute atomic E-state index is 0.296. The molecule has 15 heavy (non-hydrogen) atoms. The maximum Gasteiger partial charge on any atom is 0.128 e. The molecule has 0 saturated carbocycles. The van der Waals surface area contributed by atoms with Crippen LogP contribution < -0.4 is 5.73 Å². The first-order chi connectivity index (χ1) is 7.19. The van der Waals surface area contributed by atoms with Gasteiger partial charge < -0.3 is 10.3 Å². The van der Waals surface area contributed by atoms with Gasteiger partial charge in [0.25, 0.3) is 0 Å². The van der Waals surface area contributed by atoms with Gasteiger partial charge in [-0.15, -0.1) is 0 Å². The van der Waals surface area contributed by atoms with E-state index in [0.717, 1.165) is 6.07 Å². The molecule has 2 aromatic rings. The van der Waals surface area contributed by atoms with Crippen LogP contribution in [0.2, 0.25) is 0 Å². The Bertz CT molecular complexity index is 459. The van der Waals surface area contributed by atoms with Gasteiger partial charge in [0.1, 0.15) is 11.6 Å². The van der Waals surface area contributed by atoms with E-state index in [1.165, 1.54) is 23.0 Å². The number of rotatable bonds is 2. The van der Waals surface area contributed by atoms with Crippen molar-refractivity contribution >= 4 is 0 Å². The molecule has 0 atom stereocenters. The normalized spacial score (nSPS) is 10.6. The molecule has 1 aromatic heterocycles. The topological polar surface area (TPSA) is 43.8 Å². The first kappa shape index (κ1) is 9.79. The van der Waals surface area contributed by atoms with E-state index < -0.39 is 11.6 Å². The third-order valence-electron chi connectivity index (χ3n) is 1.99. The molecule has 78 valence electrons. The van der Waals surface area contributed by atoms with Gasteiger partial charge >= 0.3 is 0 Å². The third kappa shape index (κ3) is 2.02. The van der Waals surface area contributed by atoms with Crippen molar-refractivity contribution in [1.82, 2.24) is 9.55 Å². The fourth-order valence-electron chi connectivity index (χ4n) is 1.30. The quantitative estimate of drug-likeness (QED) is 0.816. The van der Waals surface area contributed by atoms with E-state index in [1.54, 1.807) is 6.20 Å². The van der Waals surface area contributed by atoms with Crippen molar-refractivity contribution in [3.05, 3.63) is 48.1 Å². The second kappa shape index (κ2) is 3.78. The minimum Gasteiger partial charge on any atom is -0.325 e. The zero-order valence-corrected chi connectivity index (χ0v) is 7.82. The Hall–Kier alpha value is -1.75. The smallest absolute Gasteiger partial charge is 0.128 e. The molecule has 0 aliphatic carbocycles. The molecule has 1 aromatic carbocycles. The number of imidazole rings is 1. The lowest BCUT2D eigenvalue weighted by molar-refractivity contribution is 0.581. The highest BCUT2D eigenvalue weighted by atomic mass is 19.1. The minimum atomic E-state index is -0.618. The second-order valence-corrected chi connectivity index (χ2v) is 3.10. The molecule has 0 amide bonds. The summed E-state index contributed by atoms with van der Waals surface area (Å²) in [6.45, 7) is 0.296. The van der Waals surface area contributed by atoms with Crippen molar-refractivity contribution in [2.24, 2.45) is 5.73 Å². The molecule has 2 rings (SSSR count). The van der Waals surface area contributed by atoms with Crippen molar-refractivity contribution in [3.8, 4) is 5.69 Å². The molecule has 5 heteroatoms. The van der Waals surface area contributed by atoms with Crippen molar-refractivity contribution < 1.29 is 8.78 Å². The average molecular weight is 209 g/mol. The van der Waals surface area contributed by atoms with Gasteiger partial charge in [0, 0.05) is 18.8 Å². The van der Waals surface area contributed by atoms with E-state index in [1.807, 2.05) is 0 Å². The predicted molar refractivity (Wildman–Crippen MR) is 51.4 cm³/mol. The van der Waals surface area contributed by atoms with Crippen molar-refractivity contribution in [3.63, 3.8) is 0 Å². The highest BCUT2D eigenvalue weighted by molar-refractivity contribution is 5.33. The Morgan fingerprint density at radius 1 is 1.20 bits per heavy atom. The van der Waals surface area contributed by atoms with Crippen LogP contribution in [0.4, 0.5) is 8.78 Å². The number of aromatic nitrogens is 2. The second-order valence-electron chi connectivity index (χ2n) is 3.10. The van der Waals surface area contributed by atoms with Crippen LogP contribution in [0.1, 0.15) is 5.69 Å².